The number of ether oxygens (including phenoxy) is 2. The van der Waals surface area contributed by atoms with Crippen LogP contribution in [0.5, 0.6) is 11.5 Å². The summed E-state index contributed by atoms with van der Waals surface area (Å²) in [5.41, 5.74) is 0.681. The second-order valence-electron chi connectivity index (χ2n) is 6.43. The standard InChI is InChI=1S/C19H21NO5S/c1-24-15-10-13(11-16-18(22)20-19(23)26-16)6-8-14(15)25-17(21)9-7-12-4-2-3-5-12/h6,8,10-12H,2-5,7,9H2,1H3,(H,20,22,23)/b16-11-. The summed E-state index contributed by atoms with van der Waals surface area (Å²) < 4.78 is 10.7. The second-order valence-corrected chi connectivity index (χ2v) is 7.44. The number of esters is 1. The topological polar surface area (TPSA) is 81.7 Å². The quantitative estimate of drug-likeness (QED) is 0.461. The van der Waals surface area contributed by atoms with Crippen molar-refractivity contribution in [2.45, 2.75) is 38.5 Å². The van der Waals surface area contributed by atoms with Crippen LogP contribution in [0, 0.1) is 5.92 Å². The molecule has 0 aromatic heterocycles. The molecule has 1 aliphatic heterocycles. The van der Waals surface area contributed by atoms with E-state index in [2.05, 4.69) is 5.32 Å². The highest BCUT2D eigenvalue weighted by Crippen LogP contribution is 2.32. The normalized spacial score (nSPS) is 19.0. The number of imide groups is 1. The SMILES string of the molecule is COc1cc(/C=C2\SC(=O)NC2=O)ccc1OC(=O)CCC1CCCC1. The summed E-state index contributed by atoms with van der Waals surface area (Å²) in [6.45, 7) is 0. The number of thioether (sulfide) groups is 1. The Morgan fingerprint density at radius 2 is 2.04 bits per heavy atom. The van der Waals surface area contributed by atoms with Gasteiger partial charge in [-0.2, -0.15) is 0 Å². The van der Waals surface area contributed by atoms with Crippen LogP contribution in [0.3, 0.4) is 0 Å². The van der Waals surface area contributed by atoms with Gasteiger partial charge in [0, 0.05) is 6.42 Å². The molecule has 1 aliphatic carbocycles. The molecule has 2 aliphatic rings. The lowest BCUT2D eigenvalue weighted by Gasteiger charge is -2.11. The Hall–Kier alpha value is -2.28. The fraction of sp³-hybridized carbons (Fsp3) is 0.421. The van der Waals surface area contributed by atoms with E-state index in [1.165, 1.54) is 32.8 Å². The van der Waals surface area contributed by atoms with Gasteiger partial charge in [-0.05, 0) is 47.9 Å². The maximum absolute atomic E-state index is 12.1. The molecule has 3 rings (SSSR count). The molecule has 0 atom stereocenters. The van der Waals surface area contributed by atoms with Crippen molar-refractivity contribution in [1.82, 2.24) is 5.32 Å². The van der Waals surface area contributed by atoms with Crippen molar-refractivity contribution in [3.05, 3.63) is 28.7 Å². The molecule has 1 saturated carbocycles. The number of nitrogens with one attached hydrogen (secondary N) is 1. The minimum absolute atomic E-state index is 0.266. The molecule has 1 aromatic rings. The number of carbonyl (C=O) groups is 3. The number of hydrogen-bond donors (Lipinski definition) is 1. The first-order valence-corrected chi connectivity index (χ1v) is 9.50. The van der Waals surface area contributed by atoms with Crippen molar-refractivity contribution in [3.63, 3.8) is 0 Å². The first kappa shape index (κ1) is 18.5. The van der Waals surface area contributed by atoms with Crippen molar-refractivity contribution in [1.29, 1.82) is 0 Å². The predicted molar refractivity (Wildman–Crippen MR) is 98.9 cm³/mol. The number of rotatable bonds is 6. The van der Waals surface area contributed by atoms with Crippen LogP contribution in [0.2, 0.25) is 0 Å². The van der Waals surface area contributed by atoms with E-state index in [4.69, 9.17) is 9.47 Å². The molecule has 1 heterocycles. The van der Waals surface area contributed by atoms with E-state index in [0.717, 1.165) is 18.2 Å². The largest absolute Gasteiger partial charge is 0.493 e. The van der Waals surface area contributed by atoms with Gasteiger partial charge in [-0.25, -0.2) is 0 Å². The minimum atomic E-state index is -0.415. The van der Waals surface area contributed by atoms with Gasteiger partial charge < -0.3 is 9.47 Å². The van der Waals surface area contributed by atoms with Crippen molar-refractivity contribution >= 4 is 35.0 Å². The van der Waals surface area contributed by atoms with Crippen LogP contribution in [0.4, 0.5) is 4.79 Å². The molecule has 0 bridgehead atoms. The molecule has 1 saturated heterocycles. The van der Waals surface area contributed by atoms with Crippen LogP contribution >= 0.6 is 11.8 Å². The number of hydrogen-bond acceptors (Lipinski definition) is 6. The van der Waals surface area contributed by atoms with Crippen LogP contribution in [-0.2, 0) is 9.59 Å². The molecule has 2 fully saturated rings. The summed E-state index contributed by atoms with van der Waals surface area (Å²) in [6.07, 6.45) is 7.78. The fourth-order valence-electron chi connectivity index (χ4n) is 3.23. The lowest BCUT2D eigenvalue weighted by Crippen LogP contribution is -2.17. The maximum Gasteiger partial charge on any atom is 0.311 e. The predicted octanol–water partition coefficient (Wildman–Crippen LogP) is 3.89. The molecule has 6 nitrogen and oxygen atoms in total. The van der Waals surface area contributed by atoms with Gasteiger partial charge in [0.05, 0.1) is 12.0 Å². The van der Waals surface area contributed by atoms with Crippen LogP contribution in [0.25, 0.3) is 6.08 Å². The third-order valence-electron chi connectivity index (χ3n) is 4.58. The molecule has 7 heteroatoms. The molecule has 1 N–H and O–H groups in total. The number of carbonyl (C=O) groups excluding carboxylic acids is 3. The van der Waals surface area contributed by atoms with Gasteiger partial charge in [0.15, 0.2) is 11.5 Å². The van der Waals surface area contributed by atoms with Crippen molar-refractivity contribution < 1.29 is 23.9 Å². The van der Waals surface area contributed by atoms with Crippen molar-refractivity contribution in [2.75, 3.05) is 7.11 Å². The molecule has 0 radical (unpaired) electrons. The van der Waals surface area contributed by atoms with Crippen LogP contribution in [0.1, 0.15) is 44.1 Å². The maximum atomic E-state index is 12.1. The van der Waals surface area contributed by atoms with E-state index >= 15 is 0 Å². The highest BCUT2D eigenvalue weighted by atomic mass is 32.2. The summed E-state index contributed by atoms with van der Waals surface area (Å²) in [7, 11) is 1.49. The summed E-state index contributed by atoms with van der Waals surface area (Å²) >= 11 is 0.851. The highest BCUT2D eigenvalue weighted by molar-refractivity contribution is 8.18. The van der Waals surface area contributed by atoms with Gasteiger partial charge in [0.1, 0.15) is 0 Å². The third-order valence-corrected chi connectivity index (χ3v) is 5.39. The lowest BCUT2D eigenvalue weighted by atomic mass is 10.0. The zero-order valence-electron chi connectivity index (χ0n) is 14.6. The van der Waals surface area contributed by atoms with Gasteiger partial charge in [0.25, 0.3) is 11.1 Å². The summed E-state index contributed by atoms with van der Waals surface area (Å²) in [5, 5.41) is 1.82. The fourth-order valence-corrected chi connectivity index (χ4v) is 3.91. The zero-order valence-corrected chi connectivity index (χ0v) is 15.4. The molecule has 26 heavy (non-hydrogen) atoms. The van der Waals surface area contributed by atoms with E-state index in [-0.39, 0.29) is 11.2 Å². The van der Waals surface area contributed by atoms with E-state index in [1.54, 1.807) is 24.3 Å². The van der Waals surface area contributed by atoms with E-state index in [0.29, 0.717) is 34.3 Å². The molecule has 1 aromatic carbocycles. The number of benzene rings is 1. The molecular weight excluding hydrogens is 354 g/mol. The second kappa shape index (κ2) is 8.40. The summed E-state index contributed by atoms with van der Waals surface area (Å²) in [5.74, 6) is 0.712. The van der Waals surface area contributed by atoms with E-state index in [9.17, 15) is 14.4 Å². The average molecular weight is 375 g/mol. The molecule has 0 spiro atoms. The Bertz CT molecular complexity index is 752. The van der Waals surface area contributed by atoms with E-state index in [1.807, 2.05) is 0 Å². The lowest BCUT2D eigenvalue weighted by molar-refractivity contribution is -0.134. The van der Waals surface area contributed by atoms with E-state index < -0.39 is 5.91 Å². The highest BCUT2D eigenvalue weighted by Gasteiger charge is 2.25. The van der Waals surface area contributed by atoms with Crippen molar-refractivity contribution in [3.8, 4) is 11.5 Å². The van der Waals surface area contributed by atoms with Crippen LogP contribution in [-0.4, -0.2) is 24.2 Å². The Labute approximate surface area is 156 Å². The van der Waals surface area contributed by atoms with Gasteiger partial charge in [0.2, 0.25) is 0 Å². The Kier molecular flexibility index (Phi) is 5.98. The molecule has 138 valence electrons. The Morgan fingerprint density at radius 1 is 1.27 bits per heavy atom. The molecule has 0 unspecified atom stereocenters. The molecular formula is C19H21NO5S. The smallest absolute Gasteiger partial charge is 0.311 e. The Morgan fingerprint density at radius 3 is 2.69 bits per heavy atom. The average Bonchev–Trinajstić information content (AvgIpc) is 3.24. The first-order valence-electron chi connectivity index (χ1n) is 8.68. The van der Waals surface area contributed by atoms with Gasteiger partial charge in [-0.3, -0.25) is 19.7 Å². The molecule has 2 amide bonds. The first-order chi connectivity index (χ1) is 12.5. The number of amides is 2. The van der Waals surface area contributed by atoms with Gasteiger partial charge in [-0.1, -0.05) is 31.7 Å². The van der Waals surface area contributed by atoms with Crippen molar-refractivity contribution in [2.24, 2.45) is 5.92 Å². The Balaban J connectivity index is 1.64. The van der Waals surface area contributed by atoms with Gasteiger partial charge in [-0.15, -0.1) is 0 Å². The van der Waals surface area contributed by atoms with Gasteiger partial charge >= 0.3 is 5.97 Å². The summed E-state index contributed by atoms with van der Waals surface area (Å²) in [4.78, 5) is 35.2. The zero-order chi connectivity index (χ0) is 18.5. The van der Waals surface area contributed by atoms with Crippen LogP contribution in [0.15, 0.2) is 23.1 Å². The number of methoxy groups -OCH3 is 1. The van der Waals surface area contributed by atoms with Crippen LogP contribution < -0.4 is 14.8 Å². The summed E-state index contributed by atoms with van der Waals surface area (Å²) in [6, 6.07) is 5.02. The third kappa shape index (κ3) is 4.66. The monoisotopic (exact) mass is 375 g/mol. The minimum Gasteiger partial charge on any atom is -0.493 e.